The molecule has 0 aromatic heterocycles. The first-order chi connectivity index (χ1) is 8.90. The third kappa shape index (κ3) is 2.65. The number of nitro groups is 1. The van der Waals surface area contributed by atoms with Gasteiger partial charge < -0.3 is 10.2 Å². The van der Waals surface area contributed by atoms with Crippen LogP contribution in [0.1, 0.15) is 13.8 Å². The minimum atomic E-state index is -0.896. The van der Waals surface area contributed by atoms with Gasteiger partial charge in [-0.05, 0) is 13.8 Å². The first-order valence-corrected chi connectivity index (χ1v) is 6.03. The van der Waals surface area contributed by atoms with Crippen LogP contribution in [0.2, 0.25) is 0 Å². The van der Waals surface area contributed by atoms with Gasteiger partial charge >= 0.3 is 0 Å². The van der Waals surface area contributed by atoms with E-state index in [4.69, 9.17) is 0 Å². The van der Waals surface area contributed by atoms with Crippen LogP contribution in [0.5, 0.6) is 0 Å². The molecule has 0 aliphatic carbocycles. The summed E-state index contributed by atoms with van der Waals surface area (Å²) in [5, 5.41) is 13.8. The van der Waals surface area contributed by atoms with E-state index in [0.29, 0.717) is 13.1 Å². The molecule has 1 aromatic rings. The molecule has 2 unspecified atom stereocenters. The molecule has 0 amide bonds. The maximum atomic E-state index is 13.9. The van der Waals surface area contributed by atoms with Gasteiger partial charge in [0, 0.05) is 25.2 Å². The van der Waals surface area contributed by atoms with Crippen LogP contribution in [0, 0.1) is 21.7 Å². The Labute approximate surface area is 109 Å². The Morgan fingerprint density at radius 2 is 1.95 bits per heavy atom. The van der Waals surface area contributed by atoms with Gasteiger partial charge in [0.05, 0.1) is 17.1 Å². The average Bonchev–Trinajstić information content (AvgIpc) is 2.32. The van der Waals surface area contributed by atoms with Crippen LogP contribution in [0.4, 0.5) is 20.2 Å². The van der Waals surface area contributed by atoms with Crippen molar-refractivity contribution in [3.05, 3.63) is 33.9 Å². The highest BCUT2D eigenvalue weighted by Gasteiger charge is 2.28. The van der Waals surface area contributed by atoms with E-state index in [1.165, 1.54) is 0 Å². The lowest BCUT2D eigenvalue weighted by atomic mass is 10.1. The fourth-order valence-corrected chi connectivity index (χ4v) is 2.27. The van der Waals surface area contributed by atoms with Crippen molar-refractivity contribution >= 4 is 11.4 Å². The monoisotopic (exact) mass is 271 g/mol. The highest BCUT2D eigenvalue weighted by Crippen LogP contribution is 2.30. The van der Waals surface area contributed by atoms with E-state index in [2.05, 4.69) is 5.32 Å². The SMILES string of the molecule is CC1CN(c2c(F)cc([N+](=O)[O-])cc2F)C(C)CN1. The molecule has 7 heteroatoms. The number of benzene rings is 1. The molecule has 1 aromatic carbocycles. The van der Waals surface area contributed by atoms with Crippen molar-refractivity contribution in [2.45, 2.75) is 25.9 Å². The average molecular weight is 271 g/mol. The largest absolute Gasteiger partial charge is 0.361 e. The van der Waals surface area contributed by atoms with Crippen LogP contribution in [-0.2, 0) is 0 Å². The molecule has 2 rings (SSSR count). The number of anilines is 1. The summed E-state index contributed by atoms with van der Waals surface area (Å²) >= 11 is 0. The fourth-order valence-electron chi connectivity index (χ4n) is 2.27. The summed E-state index contributed by atoms with van der Waals surface area (Å²) in [5.41, 5.74) is -0.763. The molecule has 1 aliphatic heterocycles. The van der Waals surface area contributed by atoms with Crippen LogP contribution in [-0.4, -0.2) is 30.1 Å². The standard InChI is InChI=1S/C12H15F2N3O2/c1-7-6-16(8(2)5-15-7)12-10(13)3-9(17(18)19)4-11(12)14/h3-4,7-8,15H,5-6H2,1-2H3. The van der Waals surface area contributed by atoms with Crippen molar-refractivity contribution in [3.8, 4) is 0 Å². The first-order valence-electron chi connectivity index (χ1n) is 6.03. The van der Waals surface area contributed by atoms with Crippen molar-refractivity contribution in [2.75, 3.05) is 18.0 Å². The molecule has 0 bridgehead atoms. The number of piperazine rings is 1. The van der Waals surface area contributed by atoms with Gasteiger partial charge in [-0.2, -0.15) is 0 Å². The highest BCUT2D eigenvalue weighted by atomic mass is 19.1. The molecule has 1 N–H and O–H groups in total. The van der Waals surface area contributed by atoms with Gasteiger partial charge in [-0.3, -0.25) is 10.1 Å². The molecule has 2 atom stereocenters. The van der Waals surface area contributed by atoms with E-state index in [-0.39, 0.29) is 17.8 Å². The van der Waals surface area contributed by atoms with Gasteiger partial charge in [0.1, 0.15) is 5.69 Å². The Kier molecular flexibility index (Phi) is 3.66. The number of hydrogen-bond donors (Lipinski definition) is 1. The summed E-state index contributed by atoms with van der Waals surface area (Å²) in [6.07, 6.45) is 0. The van der Waals surface area contributed by atoms with Gasteiger partial charge in [0.15, 0.2) is 11.6 Å². The molecule has 0 spiro atoms. The highest BCUT2D eigenvalue weighted by molar-refractivity contribution is 5.55. The van der Waals surface area contributed by atoms with Crippen LogP contribution >= 0.6 is 0 Å². The summed E-state index contributed by atoms with van der Waals surface area (Å²) in [5.74, 6) is -1.79. The molecule has 1 saturated heterocycles. The summed E-state index contributed by atoms with van der Waals surface area (Å²) in [7, 11) is 0. The predicted molar refractivity (Wildman–Crippen MR) is 67.3 cm³/mol. The maximum Gasteiger partial charge on any atom is 0.275 e. The lowest BCUT2D eigenvalue weighted by Gasteiger charge is -2.39. The van der Waals surface area contributed by atoms with E-state index in [1.807, 2.05) is 13.8 Å². The number of hydrogen-bond acceptors (Lipinski definition) is 4. The van der Waals surface area contributed by atoms with E-state index < -0.39 is 22.2 Å². The van der Waals surface area contributed by atoms with Crippen molar-refractivity contribution in [1.82, 2.24) is 5.32 Å². The second-order valence-corrected chi connectivity index (χ2v) is 4.83. The zero-order valence-electron chi connectivity index (χ0n) is 10.7. The van der Waals surface area contributed by atoms with E-state index in [0.717, 1.165) is 12.1 Å². The van der Waals surface area contributed by atoms with Crippen molar-refractivity contribution in [2.24, 2.45) is 0 Å². The maximum absolute atomic E-state index is 13.9. The van der Waals surface area contributed by atoms with Crippen LogP contribution in [0.15, 0.2) is 12.1 Å². The Morgan fingerprint density at radius 1 is 1.37 bits per heavy atom. The minimum absolute atomic E-state index is 0.0818. The summed E-state index contributed by atoms with van der Waals surface area (Å²) in [4.78, 5) is 11.4. The van der Waals surface area contributed by atoms with Gasteiger partial charge in [-0.25, -0.2) is 8.78 Å². The third-order valence-electron chi connectivity index (χ3n) is 3.26. The number of rotatable bonds is 2. The summed E-state index contributed by atoms with van der Waals surface area (Å²) in [6.45, 7) is 4.82. The fraction of sp³-hybridized carbons (Fsp3) is 0.500. The second-order valence-electron chi connectivity index (χ2n) is 4.83. The molecule has 1 heterocycles. The van der Waals surface area contributed by atoms with Gasteiger partial charge in [0.2, 0.25) is 0 Å². The van der Waals surface area contributed by atoms with Gasteiger partial charge in [-0.15, -0.1) is 0 Å². The number of halogens is 2. The molecule has 104 valence electrons. The van der Waals surface area contributed by atoms with Crippen molar-refractivity contribution < 1.29 is 13.7 Å². The number of nitrogens with zero attached hydrogens (tertiary/aromatic N) is 2. The molecule has 5 nitrogen and oxygen atoms in total. The first kappa shape index (κ1) is 13.7. The van der Waals surface area contributed by atoms with Crippen molar-refractivity contribution in [3.63, 3.8) is 0 Å². The quantitative estimate of drug-likeness (QED) is 0.660. The zero-order chi connectivity index (χ0) is 14.2. The molecular formula is C12H15F2N3O2. The second kappa shape index (κ2) is 5.08. The molecule has 0 radical (unpaired) electrons. The number of nitro benzene ring substituents is 1. The molecule has 1 aliphatic rings. The van der Waals surface area contributed by atoms with Crippen LogP contribution in [0.25, 0.3) is 0 Å². The van der Waals surface area contributed by atoms with E-state index >= 15 is 0 Å². The topological polar surface area (TPSA) is 58.4 Å². The molecular weight excluding hydrogens is 256 g/mol. The van der Waals surface area contributed by atoms with Gasteiger partial charge in [-0.1, -0.05) is 0 Å². The Balaban J connectivity index is 2.41. The summed E-state index contributed by atoms with van der Waals surface area (Å²) in [6, 6.07) is 1.54. The molecule has 0 saturated carbocycles. The van der Waals surface area contributed by atoms with Crippen LogP contribution in [0.3, 0.4) is 0 Å². The van der Waals surface area contributed by atoms with E-state index in [1.54, 1.807) is 4.90 Å². The van der Waals surface area contributed by atoms with Crippen molar-refractivity contribution in [1.29, 1.82) is 0 Å². The number of nitrogens with one attached hydrogen (secondary N) is 1. The van der Waals surface area contributed by atoms with E-state index in [9.17, 15) is 18.9 Å². The Hall–Kier alpha value is -1.76. The predicted octanol–water partition coefficient (Wildman–Crippen LogP) is 2.06. The summed E-state index contributed by atoms with van der Waals surface area (Å²) < 4.78 is 27.9. The lowest BCUT2D eigenvalue weighted by molar-refractivity contribution is -0.385. The lowest BCUT2D eigenvalue weighted by Crippen LogP contribution is -2.55. The Morgan fingerprint density at radius 3 is 2.47 bits per heavy atom. The molecule has 19 heavy (non-hydrogen) atoms. The Bertz CT molecular complexity index is 487. The number of non-ortho nitro benzene ring substituents is 1. The van der Waals surface area contributed by atoms with Crippen LogP contribution < -0.4 is 10.2 Å². The minimum Gasteiger partial charge on any atom is -0.361 e. The normalized spacial score (nSPS) is 23.5. The third-order valence-corrected chi connectivity index (χ3v) is 3.26. The zero-order valence-corrected chi connectivity index (χ0v) is 10.7. The van der Waals surface area contributed by atoms with Gasteiger partial charge in [0.25, 0.3) is 5.69 Å². The molecule has 1 fully saturated rings. The smallest absolute Gasteiger partial charge is 0.275 e.